The predicted molar refractivity (Wildman–Crippen MR) is 75.0 cm³/mol. The van der Waals surface area contributed by atoms with E-state index in [2.05, 4.69) is 20.3 Å². The van der Waals surface area contributed by atoms with Crippen molar-refractivity contribution in [1.29, 1.82) is 0 Å². The Labute approximate surface area is 115 Å². The molecule has 0 unspecified atom stereocenters. The molecule has 0 saturated carbocycles. The first-order valence-electron chi connectivity index (χ1n) is 5.87. The molecule has 19 heavy (non-hydrogen) atoms. The molecule has 0 fully saturated rings. The molecule has 2 heterocycles. The van der Waals surface area contributed by atoms with E-state index in [1.807, 2.05) is 19.1 Å². The number of nitrogens with zero attached hydrogens (tertiary/aromatic N) is 3. The van der Waals surface area contributed by atoms with E-state index in [4.69, 9.17) is 0 Å². The fraction of sp³-hybridized carbons (Fsp3) is 0.231. The number of thioether (sulfide) groups is 1. The molecule has 0 aliphatic rings. The van der Waals surface area contributed by atoms with Gasteiger partial charge in [0.2, 0.25) is 5.91 Å². The zero-order valence-electron chi connectivity index (χ0n) is 10.5. The lowest BCUT2D eigenvalue weighted by atomic mass is 10.3. The van der Waals surface area contributed by atoms with Crippen LogP contribution in [0.2, 0.25) is 0 Å². The van der Waals surface area contributed by atoms with Gasteiger partial charge in [-0.2, -0.15) is 0 Å². The largest absolute Gasteiger partial charge is 0.311 e. The summed E-state index contributed by atoms with van der Waals surface area (Å²) in [4.78, 5) is 24.1. The van der Waals surface area contributed by atoms with E-state index in [0.29, 0.717) is 23.1 Å². The second kappa shape index (κ2) is 6.84. The fourth-order valence-electron chi connectivity index (χ4n) is 1.41. The summed E-state index contributed by atoms with van der Waals surface area (Å²) >= 11 is 1.46. The molecule has 5 nitrogen and oxygen atoms in total. The molecule has 0 saturated heterocycles. The van der Waals surface area contributed by atoms with Gasteiger partial charge in [-0.15, -0.1) is 0 Å². The quantitative estimate of drug-likeness (QED) is 0.669. The molecule has 2 rings (SSSR count). The van der Waals surface area contributed by atoms with Crippen molar-refractivity contribution in [2.45, 2.75) is 18.5 Å². The Bertz CT molecular complexity index is 547. The highest BCUT2D eigenvalue weighted by Crippen LogP contribution is 2.12. The minimum atomic E-state index is -0.0541. The highest BCUT2D eigenvalue weighted by Gasteiger charge is 2.04. The van der Waals surface area contributed by atoms with Gasteiger partial charge in [0.25, 0.3) is 0 Å². The zero-order valence-corrected chi connectivity index (χ0v) is 11.4. The zero-order chi connectivity index (χ0) is 13.5. The lowest BCUT2D eigenvalue weighted by Gasteiger charge is -2.04. The summed E-state index contributed by atoms with van der Waals surface area (Å²) in [6, 6.07) is 7.29. The van der Waals surface area contributed by atoms with Gasteiger partial charge in [0.05, 0.1) is 0 Å². The van der Waals surface area contributed by atoms with Crippen LogP contribution in [0.1, 0.15) is 12.1 Å². The van der Waals surface area contributed by atoms with Gasteiger partial charge < -0.3 is 5.32 Å². The highest BCUT2D eigenvalue weighted by molar-refractivity contribution is 7.99. The van der Waals surface area contributed by atoms with Crippen LogP contribution in [0.3, 0.4) is 0 Å². The smallest absolute Gasteiger partial charge is 0.226 e. The molecule has 0 aliphatic heterocycles. The molecule has 0 atom stereocenters. The fourth-order valence-corrected chi connectivity index (χ4v) is 2.15. The molecule has 1 amide bonds. The molecular weight excluding hydrogens is 260 g/mol. The van der Waals surface area contributed by atoms with Gasteiger partial charge in [0, 0.05) is 30.3 Å². The van der Waals surface area contributed by atoms with Crippen molar-refractivity contribution in [2.24, 2.45) is 0 Å². The van der Waals surface area contributed by atoms with E-state index < -0.39 is 0 Å². The number of hydrogen-bond donors (Lipinski definition) is 1. The van der Waals surface area contributed by atoms with E-state index in [-0.39, 0.29) is 5.91 Å². The Morgan fingerprint density at radius 3 is 2.79 bits per heavy atom. The Kier molecular flexibility index (Phi) is 4.85. The van der Waals surface area contributed by atoms with E-state index in [9.17, 15) is 4.79 Å². The monoisotopic (exact) mass is 274 g/mol. The predicted octanol–water partition coefficient (Wildman–Crippen LogP) is 2.30. The van der Waals surface area contributed by atoms with Crippen LogP contribution in [0.15, 0.2) is 41.8 Å². The standard InChI is InChI=1S/C13H14N4OS/c1-10-4-2-5-11(16-10)17-12(18)6-9-19-13-14-7-3-8-15-13/h2-5,7-8H,6,9H2,1H3,(H,16,17,18). The Balaban J connectivity index is 1.76. The Hall–Kier alpha value is -1.95. The van der Waals surface area contributed by atoms with Gasteiger partial charge in [-0.3, -0.25) is 4.79 Å². The van der Waals surface area contributed by atoms with Crippen LogP contribution in [0.25, 0.3) is 0 Å². The molecule has 0 bridgehead atoms. The SMILES string of the molecule is Cc1cccc(NC(=O)CCSc2ncccn2)n1. The first-order chi connectivity index (χ1) is 9.24. The number of nitrogens with one attached hydrogen (secondary N) is 1. The summed E-state index contributed by atoms with van der Waals surface area (Å²) in [5.74, 6) is 1.18. The lowest BCUT2D eigenvalue weighted by molar-refractivity contribution is -0.115. The average Bonchev–Trinajstić information content (AvgIpc) is 2.40. The maximum absolute atomic E-state index is 11.7. The van der Waals surface area contributed by atoms with Gasteiger partial charge in [0.15, 0.2) is 5.16 Å². The van der Waals surface area contributed by atoms with Crippen LogP contribution in [0.4, 0.5) is 5.82 Å². The molecule has 2 aromatic heterocycles. The normalized spacial score (nSPS) is 10.2. The third-order valence-electron chi connectivity index (χ3n) is 2.26. The van der Waals surface area contributed by atoms with Crippen molar-refractivity contribution in [3.8, 4) is 0 Å². The minimum absolute atomic E-state index is 0.0541. The van der Waals surface area contributed by atoms with E-state index in [1.54, 1.807) is 24.5 Å². The van der Waals surface area contributed by atoms with Crippen molar-refractivity contribution >= 4 is 23.5 Å². The number of anilines is 1. The van der Waals surface area contributed by atoms with Crippen LogP contribution < -0.4 is 5.32 Å². The minimum Gasteiger partial charge on any atom is -0.311 e. The van der Waals surface area contributed by atoms with Gasteiger partial charge in [-0.1, -0.05) is 17.8 Å². The third kappa shape index (κ3) is 4.67. The van der Waals surface area contributed by atoms with Crippen LogP contribution in [0, 0.1) is 6.92 Å². The van der Waals surface area contributed by atoms with Crippen LogP contribution >= 0.6 is 11.8 Å². The van der Waals surface area contributed by atoms with Crippen LogP contribution in [-0.4, -0.2) is 26.6 Å². The number of carbonyl (C=O) groups is 1. The molecule has 0 spiro atoms. The number of rotatable bonds is 5. The second-order valence-electron chi connectivity index (χ2n) is 3.84. The summed E-state index contributed by atoms with van der Waals surface area (Å²) in [5, 5.41) is 3.45. The number of amides is 1. The van der Waals surface area contributed by atoms with Crippen molar-refractivity contribution in [2.75, 3.05) is 11.1 Å². The first kappa shape index (κ1) is 13.5. The maximum Gasteiger partial charge on any atom is 0.226 e. The molecular formula is C13H14N4OS. The van der Waals surface area contributed by atoms with Crippen LogP contribution in [0.5, 0.6) is 0 Å². The molecule has 0 aromatic carbocycles. The van der Waals surface area contributed by atoms with Crippen molar-refractivity contribution < 1.29 is 4.79 Å². The lowest BCUT2D eigenvalue weighted by Crippen LogP contribution is -2.13. The van der Waals surface area contributed by atoms with Gasteiger partial charge in [0.1, 0.15) is 5.82 Å². The van der Waals surface area contributed by atoms with Crippen LogP contribution in [-0.2, 0) is 4.79 Å². The summed E-state index contributed by atoms with van der Waals surface area (Å²) in [6.45, 7) is 1.89. The molecule has 0 radical (unpaired) electrons. The molecule has 98 valence electrons. The number of aryl methyl sites for hydroxylation is 1. The van der Waals surface area contributed by atoms with Crippen molar-refractivity contribution in [1.82, 2.24) is 15.0 Å². The van der Waals surface area contributed by atoms with E-state index >= 15 is 0 Å². The molecule has 6 heteroatoms. The van der Waals surface area contributed by atoms with Crippen molar-refractivity contribution in [3.63, 3.8) is 0 Å². The number of aromatic nitrogens is 3. The summed E-state index contributed by atoms with van der Waals surface area (Å²) < 4.78 is 0. The molecule has 1 N–H and O–H groups in total. The average molecular weight is 274 g/mol. The Morgan fingerprint density at radius 2 is 2.05 bits per heavy atom. The number of pyridine rings is 1. The maximum atomic E-state index is 11.7. The van der Waals surface area contributed by atoms with Gasteiger partial charge in [-0.05, 0) is 25.1 Å². The highest BCUT2D eigenvalue weighted by atomic mass is 32.2. The Morgan fingerprint density at radius 1 is 1.26 bits per heavy atom. The molecule has 0 aliphatic carbocycles. The first-order valence-corrected chi connectivity index (χ1v) is 6.86. The topological polar surface area (TPSA) is 67.8 Å². The summed E-state index contributed by atoms with van der Waals surface area (Å²) in [6.07, 6.45) is 3.77. The second-order valence-corrected chi connectivity index (χ2v) is 4.90. The third-order valence-corrected chi connectivity index (χ3v) is 3.14. The van der Waals surface area contributed by atoms with Crippen molar-refractivity contribution in [3.05, 3.63) is 42.4 Å². The number of carbonyl (C=O) groups excluding carboxylic acids is 1. The van der Waals surface area contributed by atoms with Gasteiger partial charge in [-0.25, -0.2) is 15.0 Å². The summed E-state index contributed by atoms with van der Waals surface area (Å²) in [5.41, 5.74) is 0.880. The summed E-state index contributed by atoms with van der Waals surface area (Å²) in [7, 11) is 0. The molecule has 2 aromatic rings. The number of hydrogen-bond acceptors (Lipinski definition) is 5. The van der Waals surface area contributed by atoms with E-state index in [0.717, 1.165) is 5.69 Å². The van der Waals surface area contributed by atoms with Gasteiger partial charge >= 0.3 is 0 Å². The van der Waals surface area contributed by atoms with E-state index in [1.165, 1.54) is 11.8 Å².